The zero-order valence-electron chi connectivity index (χ0n) is 18.8. The molecule has 0 fully saturated rings. The Bertz CT molecular complexity index is 1630. The number of nitrogens with zero attached hydrogens (tertiary/aromatic N) is 2. The number of pyridine rings is 1. The van der Waals surface area contributed by atoms with Crippen LogP contribution in [0.5, 0.6) is 0 Å². The van der Waals surface area contributed by atoms with E-state index < -0.39 is 41.2 Å². The molecule has 0 bridgehead atoms. The van der Waals surface area contributed by atoms with Crippen LogP contribution in [0.25, 0.3) is 16.6 Å². The van der Waals surface area contributed by atoms with Gasteiger partial charge in [0.15, 0.2) is 0 Å². The highest BCUT2D eigenvalue weighted by Gasteiger charge is 2.41. The van der Waals surface area contributed by atoms with Crippen molar-refractivity contribution in [2.24, 2.45) is 0 Å². The maximum absolute atomic E-state index is 13.1. The molecule has 2 aromatic heterocycles. The van der Waals surface area contributed by atoms with Crippen molar-refractivity contribution < 1.29 is 29.7 Å². The van der Waals surface area contributed by atoms with E-state index in [0.29, 0.717) is 16.2 Å². The van der Waals surface area contributed by atoms with Crippen LogP contribution in [0.15, 0.2) is 59.5 Å². The maximum atomic E-state index is 13.1. The number of carboxylic acid groups (broad SMARTS) is 3. The number of rotatable bonds is 7. The lowest BCUT2D eigenvalue weighted by Crippen LogP contribution is -2.36. The lowest BCUT2D eigenvalue weighted by atomic mass is 9.73. The highest BCUT2D eigenvalue weighted by Crippen LogP contribution is 2.37. The van der Waals surface area contributed by atoms with Crippen molar-refractivity contribution in [3.8, 4) is 0 Å². The number of aliphatic carboxylic acids is 2. The second-order valence-corrected chi connectivity index (χ2v) is 9.04. The maximum Gasteiger partial charge on any atom is 0.337 e. The van der Waals surface area contributed by atoms with Gasteiger partial charge in [-0.15, -0.1) is 0 Å². The molecule has 10 nitrogen and oxygen atoms in total. The second kappa shape index (κ2) is 8.97. The zero-order valence-corrected chi connectivity index (χ0v) is 19.6. The smallest absolute Gasteiger partial charge is 0.337 e. The summed E-state index contributed by atoms with van der Waals surface area (Å²) in [7, 11) is 0. The van der Waals surface area contributed by atoms with Crippen LogP contribution in [0.1, 0.15) is 40.7 Å². The summed E-state index contributed by atoms with van der Waals surface area (Å²) in [5.74, 6) is -5.35. The van der Waals surface area contributed by atoms with Crippen LogP contribution < -0.4 is 11.3 Å². The van der Waals surface area contributed by atoms with Crippen molar-refractivity contribution in [2.75, 3.05) is 5.73 Å². The molecule has 0 aliphatic carbocycles. The van der Waals surface area contributed by atoms with E-state index in [4.69, 9.17) is 17.3 Å². The number of hydrogen-bond donors (Lipinski definition) is 4. The molecule has 36 heavy (non-hydrogen) atoms. The zero-order chi connectivity index (χ0) is 26.4. The fourth-order valence-corrected chi connectivity index (χ4v) is 4.34. The summed E-state index contributed by atoms with van der Waals surface area (Å²) in [6.45, 7) is 1.31. The molecule has 5 N–H and O–H groups in total. The molecule has 2 heterocycles. The minimum absolute atomic E-state index is 0.0522. The van der Waals surface area contributed by atoms with Gasteiger partial charge in [0, 0.05) is 11.9 Å². The SMILES string of the molecule is CC(CC(C(=O)O)c1ccc2nc3ccc(Cl)cn3c(=O)c2c1)(C(=O)O)c1ccc(N)c(C(=O)O)c1. The first-order chi connectivity index (χ1) is 16.9. The van der Waals surface area contributed by atoms with Crippen LogP contribution in [-0.4, -0.2) is 42.6 Å². The molecule has 2 atom stereocenters. The van der Waals surface area contributed by atoms with Crippen LogP contribution in [0.2, 0.25) is 5.02 Å². The second-order valence-electron chi connectivity index (χ2n) is 8.61. The average Bonchev–Trinajstić information content (AvgIpc) is 2.82. The number of aromatic nitrogens is 2. The highest BCUT2D eigenvalue weighted by atomic mass is 35.5. The molecule has 11 heteroatoms. The van der Waals surface area contributed by atoms with Crippen LogP contribution in [-0.2, 0) is 15.0 Å². The summed E-state index contributed by atoms with van der Waals surface area (Å²) in [6.07, 6.45) is 0.968. The summed E-state index contributed by atoms with van der Waals surface area (Å²) in [6, 6.07) is 11.3. The minimum Gasteiger partial charge on any atom is -0.481 e. The third-order valence-corrected chi connectivity index (χ3v) is 6.52. The summed E-state index contributed by atoms with van der Waals surface area (Å²) >= 11 is 6.00. The number of hydrogen-bond acceptors (Lipinski definition) is 6. The van der Waals surface area contributed by atoms with E-state index in [-0.39, 0.29) is 27.8 Å². The van der Waals surface area contributed by atoms with Crippen molar-refractivity contribution in [3.05, 3.63) is 86.8 Å². The molecular formula is C25H20ClN3O7. The normalized spacial score (nSPS) is 13.8. The molecule has 184 valence electrons. The third kappa shape index (κ3) is 4.22. The van der Waals surface area contributed by atoms with E-state index in [1.807, 2.05) is 0 Å². The topological polar surface area (TPSA) is 172 Å². The van der Waals surface area contributed by atoms with Crippen LogP contribution in [0.3, 0.4) is 0 Å². The van der Waals surface area contributed by atoms with Gasteiger partial charge in [-0.25, -0.2) is 9.78 Å². The van der Waals surface area contributed by atoms with Gasteiger partial charge in [-0.1, -0.05) is 23.7 Å². The predicted octanol–water partition coefficient (Wildman–Crippen LogP) is 3.38. The predicted molar refractivity (Wildman–Crippen MR) is 132 cm³/mol. The van der Waals surface area contributed by atoms with Gasteiger partial charge in [0.25, 0.3) is 5.56 Å². The molecule has 2 unspecified atom stereocenters. The van der Waals surface area contributed by atoms with Crippen LogP contribution in [0.4, 0.5) is 5.69 Å². The first-order valence-corrected chi connectivity index (χ1v) is 11.0. The number of aromatic carboxylic acids is 1. The summed E-state index contributed by atoms with van der Waals surface area (Å²) in [4.78, 5) is 53.7. The Morgan fingerprint density at radius 1 is 1.08 bits per heavy atom. The Balaban J connectivity index is 1.85. The Hall–Kier alpha value is -4.44. The monoisotopic (exact) mass is 509 g/mol. The van der Waals surface area contributed by atoms with Gasteiger partial charge in [-0.3, -0.25) is 18.8 Å². The lowest BCUT2D eigenvalue weighted by molar-refractivity contribution is -0.145. The van der Waals surface area contributed by atoms with Gasteiger partial charge < -0.3 is 21.1 Å². The van der Waals surface area contributed by atoms with E-state index in [0.717, 1.165) is 6.07 Å². The van der Waals surface area contributed by atoms with Crippen molar-refractivity contribution in [1.29, 1.82) is 0 Å². The number of nitrogens with two attached hydrogens (primary N) is 1. The third-order valence-electron chi connectivity index (χ3n) is 6.30. The van der Waals surface area contributed by atoms with Gasteiger partial charge in [0.1, 0.15) is 5.65 Å². The van der Waals surface area contributed by atoms with E-state index in [1.165, 1.54) is 47.9 Å². The molecule has 4 rings (SSSR count). The molecule has 4 aromatic rings. The van der Waals surface area contributed by atoms with Gasteiger partial charge in [-0.2, -0.15) is 0 Å². The van der Waals surface area contributed by atoms with E-state index >= 15 is 0 Å². The lowest BCUT2D eigenvalue weighted by Gasteiger charge is -2.29. The Labute approximate surface area is 208 Å². The molecule has 0 spiro atoms. The molecule has 0 saturated heterocycles. The van der Waals surface area contributed by atoms with Gasteiger partial charge in [0.2, 0.25) is 0 Å². The standard InChI is InChI=1S/C25H20ClN3O7/c1-25(24(35)36,13-3-5-18(27)15(9-13)22(31)32)10-17(23(33)34)12-2-6-19-16(8-12)21(30)29-11-14(26)4-7-20(29)28-19/h2-9,11,17H,10,27H2,1H3,(H,31,32)(H,33,34)(H,35,36). The molecule has 2 aromatic carbocycles. The fourth-order valence-electron chi connectivity index (χ4n) is 4.18. The first kappa shape index (κ1) is 24.7. The molecule has 0 amide bonds. The number of anilines is 1. The Kier molecular flexibility index (Phi) is 6.15. The van der Waals surface area contributed by atoms with Crippen molar-refractivity contribution in [1.82, 2.24) is 9.38 Å². The molecular weight excluding hydrogens is 490 g/mol. The quantitative estimate of drug-likeness (QED) is 0.215. The van der Waals surface area contributed by atoms with Gasteiger partial charge in [0.05, 0.1) is 32.8 Å². The van der Waals surface area contributed by atoms with Gasteiger partial charge >= 0.3 is 17.9 Å². The van der Waals surface area contributed by atoms with E-state index in [9.17, 15) is 34.5 Å². The number of fused-ring (bicyclic) bond motifs is 2. The van der Waals surface area contributed by atoms with Crippen molar-refractivity contribution in [3.63, 3.8) is 0 Å². The molecule has 0 aliphatic heterocycles. The van der Waals surface area contributed by atoms with Crippen LogP contribution >= 0.6 is 11.6 Å². The fraction of sp³-hybridized carbons (Fsp3) is 0.160. The number of carbonyl (C=O) groups is 3. The number of benzene rings is 2. The minimum atomic E-state index is -1.79. The van der Waals surface area contributed by atoms with Gasteiger partial charge in [-0.05, 0) is 60.9 Å². The molecule has 0 saturated carbocycles. The number of nitrogen functional groups attached to an aromatic ring is 1. The Morgan fingerprint density at radius 3 is 2.44 bits per heavy atom. The molecule has 0 aliphatic rings. The largest absolute Gasteiger partial charge is 0.481 e. The van der Waals surface area contributed by atoms with Crippen LogP contribution in [0, 0.1) is 0 Å². The average molecular weight is 510 g/mol. The summed E-state index contributed by atoms with van der Waals surface area (Å²) < 4.78 is 1.24. The Morgan fingerprint density at radius 2 is 1.81 bits per heavy atom. The summed E-state index contributed by atoms with van der Waals surface area (Å²) in [5, 5.41) is 29.9. The van der Waals surface area contributed by atoms with Crippen molar-refractivity contribution >= 4 is 51.7 Å². The summed E-state index contributed by atoms with van der Waals surface area (Å²) in [5.41, 5.74) is 4.06. The highest BCUT2D eigenvalue weighted by molar-refractivity contribution is 6.30. The van der Waals surface area contributed by atoms with Crippen molar-refractivity contribution in [2.45, 2.75) is 24.7 Å². The van der Waals surface area contributed by atoms with E-state index in [2.05, 4.69) is 4.98 Å². The molecule has 0 radical (unpaired) electrons. The number of halogens is 1. The number of carboxylic acids is 3. The van der Waals surface area contributed by atoms with E-state index in [1.54, 1.807) is 12.1 Å². The first-order valence-electron chi connectivity index (χ1n) is 10.6.